The fourth-order valence-electron chi connectivity index (χ4n) is 15.8. The van der Waals surface area contributed by atoms with Gasteiger partial charge in [0.25, 0.3) is 0 Å². The minimum Gasteiger partial charge on any atom is -0.454 e. The van der Waals surface area contributed by atoms with Crippen LogP contribution in [0.5, 0.6) is 0 Å². The molecule has 4 saturated carbocycles. The molecule has 4 bridgehead atoms. The fraction of sp³-hybridized carbons (Fsp3) is 0.222. The van der Waals surface area contributed by atoms with Gasteiger partial charge in [-0.2, -0.15) is 0 Å². The lowest BCUT2D eigenvalue weighted by molar-refractivity contribution is -0.0441. The molecule has 1 aliphatic heterocycles. The second kappa shape index (κ2) is 17.4. The molecule has 0 saturated heterocycles. The summed E-state index contributed by atoms with van der Waals surface area (Å²) in [6, 6.07) is 73.9. The van der Waals surface area contributed by atoms with Gasteiger partial charge in [-0.05, 0) is 138 Å². The van der Waals surface area contributed by atoms with Crippen LogP contribution in [0.4, 0.5) is 34.1 Å². The van der Waals surface area contributed by atoms with Crippen LogP contribution >= 0.6 is 11.8 Å². The Labute approximate surface area is 469 Å². The van der Waals surface area contributed by atoms with E-state index in [2.05, 4.69) is 243 Å². The molecule has 4 nitrogen and oxygen atoms in total. The molecule has 388 valence electrons. The van der Waals surface area contributed by atoms with E-state index >= 15 is 0 Å². The van der Waals surface area contributed by atoms with E-state index in [1.54, 1.807) is 0 Å². The molecule has 0 radical (unpaired) electrons. The average Bonchev–Trinajstić information content (AvgIpc) is 2.13. The molecule has 0 atom stereocenters. The number of hydrogen-bond donors (Lipinski definition) is 0. The third-order valence-corrected chi connectivity index (χ3v) is 24.6. The summed E-state index contributed by atoms with van der Waals surface area (Å²) in [4.78, 5) is 7.99. The van der Waals surface area contributed by atoms with Gasteiger partial charge in [0.1, 0.15) is 11.2 Å². The molecule has 4 aliphatic carbocycles. The van der Waals surface area contributed by atoms with Crippen LogP contribution in [0, 0.1) is 23.7 Å². The van der Waals surface area contributed by atoms with Crippen molar-refractivity contribution in [2.45, 2.75) is 86.6 Å². The van der Waals surface area contributed by atoms with Crippen LogP contribution in [0.3, 0.4) is 0 Å². The van der Waals surface area contributed by atoms with Gasteiger partial charge >= 0.3 is 0 Å². The van der Waals surface area contributed by atoms with Gasteiger partial charge in [-0.15, -0.1) is 0 Å². The molecular weight excluding hydrogens is 1010 g/mol. The first-order valence-corrected chi connectivity index (χ1v) is 36.6. The molecule has 7 heteroatoms. The third-order valence-electron chi connectivity index (χ3n) is 19.2. The maximum atomic E-state index is 7.01. The van der Waals surface area contributed by atoms with Gasteiger partial charge in [0.2, 0.25) is 0 Å². The Hall–Kier alpha value is -7.30. The Morgan fingerprint density at radius 1 is 0.380 bits per heavy atom. The molecule has 1 spiro atoms. The first-order chi connectivity index (χ1) is 38.4. The lowest BCUT2D eigenvalue weighted by atomic mass is 9.42. The van der Waals surface area contributed by atoms with E-state index in [0.29, 0.717) is 11.8 Å². The van der Waals surface area contributed by atoms with E-state index in [9.17, 15) is 0 Å². The number of para-hydroxylation sites is 4. The fourth-order valence-corrected chi connectivity index (χ4v) is 19.6. The van der Waals surface area contributed by atoms with Crippen LogP contribution in [0.1, 0.15) is 43.2 Å². The van der Waals surface area contributed by atoms with E-state index in [4.69, 9.17) is 8.83 Å². The Morgan fingerprint density at radius 2 is 0.747 bits per heavy atom. The van der Waals surface area contributed by atoms with Crippen LogP contribution in [0.2, 0.25) is 39.3 Å². The molecule has 4 fully saturated rings. The highest BCUT2D eigenvalue weighted by molar-refractivity contribution is 8.00. The first kappa shape index (κ1) is 47.7. The second-order valence-electron chi connectivity index (χ2n) is 25.7. The Bertz CT molecular complexity index is 4170. The maximum Gasteiger partial charge on any atom is 0.159 e. The highest BCUT2D eigenvalue weighted by atomic mass is 32.2. The summed E-state index contributed by atoms with van der Waals surface area (Å²) >= 11 is 2.04. The highest BCUT2D eigenvalue weighted by Crippen LogP contribution is 2.71. The van der Waals surface area contributed by atoms with Crippen molar-refractivity contribution in [3.63, 3.8) is 0 Å². The van der Waals surface area contributed by atoms with E-state index in [0.717, 1.165) is 78.5 Å². The van der Waals surface area contributed by atoms with Gasteiger partial charge in [0.15, 0.2) is 11.2 Å². The number of benzene rings is 10. The Balaban J connectivity index is 0.999. The van der Waals surface area contributed by atoms with Crippen LogP contribution in [-0.2, 0) is 5.41 Å². The smallest absolute Gasteiger partial charge is 0.159 e. The van der Waals surface area contributed by atoms with Crippen LogP contribution in [0.15, 0.2) is 213 Å². The number of anilines is 6. The van der Waals surface area contributed by atoms with Crippen LogP contribution in [0.25, 0.3) is 65.4 Å². The Kier molecular flexibility index (Phi) is 10.5. The minimum absolute atomic E-state index is 0.238. The first-order valence-electron chi connectivity index (χ1n) is 28.8. The number of nitrogens with zero attached hydrogens (tertiary/aromatic N) is 2. The van der Waals surface area contributed by atoms with E-state index < -0.39 is 16.1 Å². The zero-order chi connectivity index (χ0) is 53.1. The zero-order valence-corrected chi connectivity index (χ0v) is 48.8. The van der Waals surface area contributed by atoms with Crippen molar-refractivity contribution in [2.24, 2.45) is 23.7 Å². The van der Waals surface area contributed by atoms with Crippen molar-refractivity contribution in [2.75, 3.05) is 9.80 Å². The molecule has 5 aliphatic rings. The van der Waals surface area contributed by atoms with Crippen molar-refractivity contribution in [1.29, 1.82) is 0 Å². The predicted octanol–water partition coefficient (Wildman–Crippen LogP) is 20.0. The largest absolute Gasteiger partial charge is 0.454 e. The van der Waals surface area contributed by atoms with Gasteiger partial charge in [-0.3, -0.25) is 0 Å². The molecule has 10 aromatic carbocycles. The molecule has 2 aromatic heterocycles. The summed E-state index contributed by atoms with van der Waals surface area (Å²) < 4.78 is 14.0. The molecule has 3 heterocycles. The molecule has 0 N–H and O–H groups in total. The third kappa shape index (κ3) is 7.11. The highest BCUT2D eigenvalue weighted by Gasteiger charge is 2.61. The lowest BCUT2D eigenvalue weighted by Crippen LogP contribution is -2.57. The number of fused-ring (bicyclic) bond motifs is 12. The minimum atomic E-state index is -1.61. The van der Waals surface area contributed by atoms with Gasteiger partial charge in [0, 0.05) is 58.9 Å². The number of rotatable bonds is 8. The molecule has 12 aromatic rings. The van der Waals surface area contributed by atoms with Crippen molar-refractivity contribution in [1.82, 2.24) is 0 Å². The summed E-state index contributed by atoms with van der Waals surface area (Å²) in [7, 11) is -3.22. The lowest BCUT2D eigenvalue weighted by Gasteiger charge is -2.63. The van der Waals surface area contributed by atoms with Gasteiger partial charge < -0.3 is 18.6 Å². The SMILES string of the molecule is C[Si](C)(C)c1ccc(N(c2cc3c(c4ccccc24)Sc2c(cc(N(c4ccc([Si](C)(C)C)cc4)c4cccc5c4oc4ccccc45)c4ccccc24)C32C3CC4CC(C3)CC2C4)c2cccc3c2oc2ccccc23)cc1. The van der Waals surface area contributed by atoms with Gasteiger partial charge in [-0.25, -0.2) is 0 Å². The summed E-state index contributed by atoms with van der Waals surface area (Å²) in [5.41, 5.74) is 13.3. The standard InChI is InChI=1S/C72H64N2O2SSi2/c1-78(2,3)50-33-29-48(30-34-50)73(62-25-15-23-56-54-19-11-13-27-66(54)75-68(56)62)64-42-60-70(58-21-9-7-17-52(58)64)77-71-59-22-10-8-18-53(59)65(43-61(71)72(60)46-38-44-37-45(40-46)41-47(72)39-44)74(49-31-35-51(36-32-49)79(4,5)6)63-26-16-24-57-55-20-12-14-28-67(55)76-69(57)63/h7-36,42-47H,37-41H2,1-6H3. The van der Waals surface area contributed by atoms with Crippen molar-refractivity contribution in [3.8, 4) is 0 Å². The van der Waals surface area contributed by atoms with Crippen molar-refractivity contribution < 1.29 is 8.83 Å². The molecular formula is C72H64N2O2SSi2. The summed E-state index contributed by atoms with van der Waals surface area (Å²) in [5, 5.41) is 12.6. The molecule has 17 rings (SSSR count). The molecule has 79 heavy (non-hydrogen) atoms. The number of hydrogen-bond acceptors (Lipinski definition) is 5. The van der Waals surface area contributed by atoms with Crippen molar-refractivity contribution in [3.05, 3.63) is 205 Å². The summed E-state index contributed by atoms with van der Waals surface area (Å²) in [5.74, 6) is 2.54. The van der Waals surface area contributed by atoms with Crippen LogP contribution in [-0.4, -0.2) is 16.1 Å². The van der Waals surface area contributed by atoms with Gasteiger partial charge in [0.05, 0.1) is 38.9 Å². The monoisotopic (exact) mass is 1080 g/mol. The van der Waals surface area contributed by atoms with E-state index in [-0.39, 0.29) is 5.41 Å². The quantitative estimate of drug-likeness (QED) is 0.142. The van der Waals surface area contributed by atoms with E-state index in [1.165, 1.54) is 96.3 Å². The Morgan fingerprint density at radius 3 is 1.15 bits per heavy atom. The predicted molar refractivity (Wildman–Crippen MR) is 340 cm³/mol. The topological polar surface area (TPSA) is 32.8 Å². The average molecular weight is 1080 g/mol. The molecule has 0 unspecified atom stereocenters. The zero-order valence-electron chi connectivity index (χ0n) is 45.9. The summed E-state index contributed by atoms with van der Waals surface area (Å²) in [6.07, 6.45) is 6.44. The molecule has 0 amide bonds. The maximum absolute atomic E-state index is 7.01. The van der Waals surface area contributed by atoms with Gasteiger partial charge in [-0.1, -0.05) is 195 Å². The normalized spacial score (nSPS) is 19.3. The van der Waals surface area contributed by atoms with E-state index in [1.807, 2.05) is 11.8 Å². The van der Waals surface area contributed by atoms with Crippen molar-refractivity contribution >= 4 is 138 Å². The second-order valence-corrected chi connectivity index (χ2v) is 36.9. The summed E-state index contributed by atoms with van der Waals surface area (Å²) in [6.45, 7) is 14.7. The number of furan rings is 2. The van der Waals surface area contributed by atoms with Crippen LogP contribution < -0.4 is 20.2 Å².